The summed E-state index contributed by atoms with van der Waals surface area (Å²) < 4.78 is 53.2. The standard InChI is InChI=1S/C34H45FN6O9S/c1-33(2,3)50-31(45)37-26-12-14-36-13-5-4-8-21-16-34(21,30(44)39-51(47,48)23-10-11-23)38-28(42)27-15-22(18-41(27)29(26)43)49-32(46)40-17-20-7-6-9-25(35)24(20)19-40/h4,6-9,21-23,26-27,36H,5,10-19H2,1-3H3,(H,37,45)(H,38,42)(H,39,44)/t21-,22-,26-,27+,34-/m1/s1. The molecule has 6 rings (SSSR count). The molecule has 2 aliphatic carbocycles. The molecule has 15 nitrogen and oxygen atoms in total. The Kier molecular flexibility index (Phi) is 10.1. The summed E-state index contributed by atoms with van der Waals surface area (Å²) in [4.78, 5) is 70.7. The summed E-state index contributed by atoms with van der Waals surface area (Å²) in [6, 6.07) is 2.20. The van der Waals surface area contributed by atoms with E-state index < -0.39 is 86.2 Å². The van der Waals surface area contributed by atoms with Gasteiger partial charge in [0.25, 0.3) is 5.91 Å². The van der Waals surface area contributed by atoms with E-state index in [2.05, 4.69) is 20.7 Å². The van der Waals surface area contributed by atoms with E-state index in [4.69, 9.17) is 9.47 Å². The van der Waals surface area contributed by atoms with Crippen molar-refractivity contribution in [3.63, 3.8) is 0 Å². The molecule has 1 aromatic carbocycles. The lowest BCUT2D eigenvalue weighted by Crippen LogP contribution is -2.58. The smallest absolute Gasteiger partial charge is 0.410 e. The Bertz CT molecular complexity index is 1730. The Hall–Kier alpha value is -4.25. The number of carbonyl (C=O) groups is 5. The first-order valence-corrected chi connectivity index (χ1v) is 18.9. The van der Waals surface area contributed by atoms with E-state index in [1.165, 1.54) is 15.9 Å². The Labute approximate surface area is 296 Å². The summed E-state index contributed by atoms with van der Waals surface area (Å²) in [5.74, 6) is -3.17. The molecule has 0 spiro atoms. The lowest BCUT2D eigenvalue weighted by Gasteiger charge is -2.30. The van der Waals surface area contributed by atoms with Crippen molar-refractivity contribution in [3.8, 4) is 0 Å². The van der Waals surface area contributed by atoms with Crippen molar-refractivity contribution in [2.24, 2.45) is 5.92 Å². The predicted octanol–water partition coefficient (Wildman–Crippen LogP) is 1.56. The fourth-order valence-corrected chi connectivity index (χ4v) is 8.16. The van der Waals surface area contributed by atoms with Gasteiger partial charge in [0.15, 0.2) is 0 Å². The van der Waals surface area contributed by atoms with Crippen LogP contribution in [0, 0.1) is 11.7 Å². The number of hydrogen-bond acceptors (Lipinski definition) is 10. The topological polar surface area (TPSA) is 193 Å². The van der Waals surface area contributed by atoms with Gasteiger partial charge in [0, 0.05) is 24.4 Å². The van der Waals surface area contributed by atoms with Gasteiger partial charge in [0.2, 0.25) is 21.8 Å². The van der Waals surface area contributed by atoms with Crippen LogP contribution < -0.4 is 20.7 Å². The first-order chi connectivity index (χ1) is 24.1. The number of rotatable bonds is 5. The highest BCUT2D eigenvalue weighted by atomic mass is 32.2. The van der Waals surface area contributed by atoms with Crippen LogP contribution in [0.2, 0.25) is 0 Å². The summed E-state index contributed by atoms with van der Waals surface area (Å²) in [6.07, 6.45) is 2.62. The number of alkyl carbamates (subject to hydrolysis) is 1. The third-order valence-electron chi connectivity index (χ3n) is 9.72. The quantitative estimate of drug-likeness (QED) is 0.323. The molecule has 17 heteroatoms. The van der Waals surface area contributed by atoms with Crippen molar-refractivity contribution in [2.75, 3.05) is 19.6 Å². The highest BCUT2D eigenvalue weighted by Gasteiger charge is 2.62. The van der Waals surface area contributed by atoms with Gasteiger partial charge in [-0.3, -0.25) is 24.0 Å². The third-order valence-corrected chi connectivity index (χ3v) is 11.5. The molecule has 278 valence electrons. The zero-order valence-corrected chi connectivity index (χ0v) is 29.7. The number of halogens is 1. The maximum absolute atomic E-state index is 14.4. The monoisotopic (exact) mass is 732 g/mol. The molecule has 5 amide bonds. The number of ether oxygens (including phenoxy) is 2. The Morgan fingerprint density at radius 3 is 2.55 bits per heavy atom. The van der Waals surface area contributed by atoms with Crippen LogP contribution in [0.25, 0.3) is 0 Å². The van der Waals surface area contributed by atoms with E-state index in [-0.39, 0.29) is 38.9 Å². The predicted molar refractivity (Wildman–Crippen MR) is 180 cm³/mol. The van der Waals surface area contributed by atoms with Gasteiger partial charge < -0.3 is 30.3 Å². The maximum Gasteiger partial charge on any atom is 0.410 e. The van der Waals surface area contributed by atoms with Crippen LogP contribution in [-0.2, 0) is 47.0 Å². The van der Waals surface area contributed by atoms with Gasteiger partial charge in [-0.25, -0.2) is 22.4 Å². The van der Waals surface area contributed by atoms with Crippen LogP contribution in [0.4, 0.5) is 14.0 Å². The molecule has 5 aliphatic rings. The average Bonchev–Trinajstić information content (AvgIpc) is 3.93. The van der Waals surface area contributed by atoms with E-state index in [1.807, 2.05) is 6.08 Å². The SMILES string of the molecule is CC(C)(C)OC(=O)N[C@@H]1CCNCCC=C[C@@H]2C[C@@]2(C(=O)NS(=O)(=O)C2CC2)NC(=O)[C@@H]2C[C@@H](OC(=O)N3Cc4cccc(F)c4C3)CN2C1=O. The van der Waals surface area contributed by atoms with Crippen LogP contribution in [0.1, 0.15) is 70.4 Å². The van der Waals surface area contributed by atoms with Gasteiger partial charge in [0.05, 0.1) is 18.3 Å². The second-order valence-electron chi connectivity index (χ2n) is 14.9. The normalized spacial score (nSPS) is 28.3. The highest BCUT2D eigenvalue weighted by molar-refractivity contribution is 7.91. The molecule has 3 heterocycles. The van der Waals surface area contributed by atoms with Crippen molar-refractivity contribution < 1.29 is 46.3 Å². The van der Waals surface area contributed by atoms with E-state index in [9.17, 15) is 36.8 Å². The van der Waals surface area contributed by atoms with Gasteiger partial charge in [-0.05, 0) is 77.6 Å². The molecular formula is C34H45FN6O9S. The zero-order valence-electron chi connectivity index (χ0n) is 28.9. The first-order valence-electron chi connectivity index (χ1n) is 17.3. The Balaban J connectivity index is 1.25. The molecule has 3 aliphatic heterocycles. The molecule has 0 unspecified atom stereocenters. The summed E-state index contributed by atoms with van der Waals surface area (Å²) in [5, 5.41) is 7.95. The largest absolute Gasteiger partial charge is 0.444 e. The first kappa shape index (κ1) is 36.5. The molecule has 0 radical (unpaired) electrons. The molecule has 1 aromatic rings. The van der Waals surface area contributed by atoms with Gasteiger partial charge in [-0.1, -0.05) is 24.3 Å². The van der Waals surface area contributed by atoms with E-state index >= 15 is 0 Å². The molecule has 4 N–H and O–H groups in total. The molecule has 1 saturated heterocycles. The van der Waals surface area contributed by atoms with Crippen molar-refractivity contribution in [1.82, 2.24) is 30.5 Å². The van der Waals surface area contributed by atoms with Crippen LogP contribution in [0.3, 0.4) is 0 Å². The Morgan fingerprint density at radius 2 is 1.84 bits per heavy atom. The summed E-state index contributed by atoms with van der Waals surface area (Å²) in [5.41, 5.74) is -1.40. The van der Waals surface area contributed by atoms with Crippen molar-refractivity contribution in [3.05, 3.63) is 47.3 Å². The number of amides is 5. The highest BCUT2D eigenvalue weighted by Crippen LogP contribution is 2.46. The molecule has 3 fully saturated rings. The second kappa shape index (κ2) is 14.1. The molecule has 51 heavy (non-hydrogen) atoms. The maximum atomic E-state index is 14.4. The number of nitrogens with zero attached hydrogens (tertiary/aromatic N) is 2. The van der Waals surface area contributed by atoms with Crippen LogP contribution in [-0.4, -0.2) is 102 Å². The molecular weight excluding hydrogens is 687 g/mol. The minimum atomic E-state index is -3.93. The second-order valence-corrected chi connectivity index (χ2v) is 16.8. The van der Waals surface area contributed by atoms with Crippen LogP contribution in [0.5, 0.6) is 0 Å². The minimum absolute atomic E-state index is 0.00863. The number of carbonyl (C=O) groups excluding carboxylic acids is 5. The number of benzene rings is 1. The van der Waals surface area contributed by atoms with Crippen molar-refractivity contribution >= 4 is 39.9 Å². The van der Waals surface area contributed by atoms with E-state index in [0.717, 1.165) is 0 Å². The van der Waals surface area contributed by atoms with Crippen LogP contribution >= 0.6 is 0 Å². The number of hydrogen-bond donors (Lipinski definition) is 4. The Morgan fingerprint density at radius 1 is 1.08 bits per heavy atom. The van der Waals surface area contributed by atoms with E-state index in [0.29, 0.717) is 43.5 Å². The zero-order chi connectivity index (χ0) is 36.7. The number of sulfonamides is 1. The van der Waals surface area contributed by atoms with Gasteiger partial charge in [0.1, 0.15) is 35.1 Å². The van der Waals surface area contributed by atoms with Gasteiger partial charge in [-0.15, -0.1) is 0 Å². The van der Waals surface area contributed by atoms with Crippen molar-refractivity contribution in [2.45, 2.75) is 107 Å². The molecule has 5 atom stereocenters. The van der Waals surface area contributed by atoms with Gasteiger partial charge in [-0.2, -0.15) is 0 Å². The lowest BCUT2D eigenvalue weighted by atomic mass is 10.1. The third kappa shape index (κ3) is 8.29. The van der Waals surface area contributed by atoms with Gasteiger partial charge >= 0.3 is 12.2 Å². The molecule has 2 saturated carbocycles. The van der Waals surface area contributed by atoms with Crippen molar-refractivity contribution in [1.29, 1.82) is 0 Å². The lowest BCUT2D eigenvalue weighted by molar-refractivity contribution is -0.141. The molecule has 0 aromatic heterocycles. The summed E-state index contributed by atoms with van der Waals surface area (Å²) in [6.45, 7) is 5.77. The number of nitrogens with one attached hydrogen (secondary N) is 4. The summed E-state index contributed by atoms with van der Waals surface area (Å²) in [7, 11) is -3.93. The number of fused-ring (bicyclic) bond motifs is 3. The molecule has 0 bridgehead atoms. The minimum Gasteiger partial charge on any atom is -0.444 e. The fourth-order valence-electron chi connectivity index (χ4n) is 6.79. The van der Waals surface area contributed by atoms with Crippen LogP contribution in [0.15, 0.2) is 30.4 Å². The van der Waals surface area contributed by atoms with E-state index in [1.54, 1.807) is 39.0 Å². The average molecular weight is 733 g/mol. The summed E-state index contributed by atoms with van der Waals surface area (Å²) >= 11 is 0. The fraction of sp³-hybridized carbons (Fsp3) is 0.618.